The molecule has 4 N–H and O–H groups in total. The van der Waals surface area contributed by atoms with Crippen molar-refractivity contribution in [1.82, 2.24) is 5.43 Å². The molecule has 0 aliphatic rings. The molecule has 6 nitrogen and oxygen atoms in total. The fourth-order valence-corrected chi connectivity index (χ4v) is 2.25. The van der Waals surface area contributed by atoms with Gasteiger partial charge < -0.3 is 10.1 Å². The lowest BCUT2D eigenvalue weighted by molar-refractivity contribution is -0.127. The zero-order chi connectivity index (χ0) is 17.7. The number of benzene rings is 2. The van der Waals surface area contributed by atoms with Crippen LogP contribution in [0, 0.1) is 6.92 Å². The van der Waals surface area contributed by atoms with Gasteiger partial charge in [-0.15, -0.1) is 0 Å². The summed E-state index contributed by atoms with van der Waals surface area (Å²) in [5.74, 6) is 4.82. The summed E-state index contributed by atoms with van der Waals surface area (Å²) in [6, 6.07) is 11.7. The Labute approximate surface area is 144 Å². The summed E-state index contributed by atoms with van der Waals surface area (Å²) >= 11 is 5.90. The van der Waals surface area contributed by atoms with Crippen molar-refractivity contribution >= 4 is 29.1 Å². The number of anilines is 1. The molecule has 7 heteroatoms. The van der Waals surface area contributed by atoms with Gasteiger partial charge in [0.15, 0.2) is 6.10 Å². The number of amides is 2. The lowest BCUT2D eigenvalue weighted by Gasteiger charge is -2.13. The average molecular weight is 348 g/mol. The van der Waals surface area contributed by atoms with Crippen LogP contribution in [0.15, 0.2) is 42.5 Å². The third-order valence-corrected chi connectivity index (χ3v) is 3.61. The van der Waals surface area contributed by atoms with Crippen molar-refractivity contribution in [2.24, 2.45) is 5.84 Å². The first-order valence-electron chi connectivity index (χ1n) is 7.25. The maximum atomic E-state index is 12.3. The number of hydrogen-bond acceptors (Lipinski definition) is 4. The molecule has 2 aromatic carbocycles. The second-order valence-electron chi connectivity index (χ2n) is 5.21. The van der Waals surface area contributed by atoms with Gasteiger partial charge in [-0.05, 0) is 61.9 Å². The largest absolute Gasteiger partial charge is 0.481 e. The van der Waals surface area contributed by atoms with Crippen molar-refractivity contribution in [3.8, 4) is 5.75 Å². The van der Waals surface area contributed by atoms with Crippen LogP contribution in [0.25, 0.3) is 0 Å². The molecule has 2 amide bonds. The quantitative estimate of drug-likeness (QED) is 0.440. The minimum atomic E-state index is -0.730. The first kappa shape index (κ1) is 17.8. The number of rotatable bonds is 5. The lowest BCUT2D eigenvalue weighted by Crippen LogP contribution is -2.40. The van der Waals surface area contributed by atoms with E-state index in [2.05, 4.69) is 5.32 Å². The zero-order valence-corrected chi connectivity index (χ0v) is 14.1. The lowest BCUT2D eigenvalue weighted by atomic mass is 10.1. The highest BCUT2D eigenvalue weighted by Crippen LogP contribution is 2.21. The molecule has 0 aliphatic heterocycles. The fraction of sp³-hybridized carbons (Fsp3) is 0.176. The van der Waals surface area contributed by atoms with Gasteiger partial charge in [-0.1, -0.05) is 11.6 Å². The molecule has 126 valence electrons. The van der Waals surface area contributed by atoms with E-state index in [0.29, 0.717) is 22.0 Å². The van der Waals surface area contributed by atoms with Crippen molar-refractivity contribution in [3.63, 3.8) is 0 Å². The van der Waals surface area contributed by atoms with Crippen LogP contribution in [0.3, 0.4) is 0 Å². The number of hydrazine groups is 1. The molecule has 0 aromatic heterocycles. The molecule has 0 saturated carbocycles. The Bertz CT molecular complexity index is 747. The van der Waals surface area contributed by atoms with Crippen molar-refractivity contribution in [3.05, 3.63) is 58.6 Å². The van der Waals surface area contributed by atoms with Crippen LogP contribution in [0.1, 0.15) is 22.8 Å². The summed E-state index contributed by atoms with van der Waals surface area (Å²) in [7, 11) is 0. The van der Waals surface area contributed by atoms with Gasteiger partial charge in [0.1, 0.15) is 5.75 Å². The summed E-state index contributed by atoms with van der Waals surface area (Å²) < 4.78 is 5.41. The monoisotopic (exact) mass is 347 g/mol. The topological polar surface area (TPSA) is 93.4 Å². The number of carbonyl (C=O) groups excluding carboxylic acids is 2. The molecule has 0 heterocycles. The molecule has 0 unspecified atom stereocenters. The first-order chi connectivity index (χ1) is 11.4. The molecular formula is C17H18ClN3O3. The number of aryl methyl sites for hydroxylation is 1. The van der Waals surface area contributed by atoms with E-state index >= 15 is 0 Å². The molecule has 0 radical (unpaired) electrons. The second kappa shape index (κ2) is 7.81. The minimum Gasteiger partial charge on any atom is -0.481 e. The second-order valence-corrected chi connectivity index (χ2v) is 5.64. The number of hydrogen-bond donors (Lipinski definition) is 3. The van der Waals surface area contributed by atoms with Crippen molar-refractivity contribution in [1.29, 1.82) is 0 Å². The molecule has 0 bridgehead atoms. The van der Waals surface area contributed by atoms with E-state index in [1.807, 2.05) is 12.3 Å². The predicted octanol–water partition coefficient (Wildman–Crippen LogP) is 2.66. The van der Waals surface area contributed by atoms with E-state index in [1.54, 1.807) is 49.4 Å². The molecule has 0 saturated heterocycles. The standard InChI is InChI=1S/C17H18ClN3O3/c1-10-9-13(18)5-8-15(10)20-17(23)12-3-6-14(7-4-12)24-11(2)16(22)21-19/h3-9,11H,19H2,1-2H3,(H,20,23)(H,21,22)/t11-/m1/s1. The van der Waals surface area contributed by atoms with Crippen LogP contribution in [0.2, 0.25) is 5.02 Å². The van der Waals surface area contributed by atoms with Gasteiger partial charge in [0, 0.05) is 16.3 Å². The molecule has 2 rings (SSSR count). The van der Waals surface area contributed by atoms with E-state index in [4.69, 9.17) is 22.2 Å². The number of ether oxygens (including phenoxy) is 1. The van der Waals surface area contributed by atoms with Crippen LogP contribution in [0.4, 0.5) is 5.69 Å². The van der Waals surface area contributed by atoms with E-state index in [-0.39, 0.29) is 5.91 Å². The molecule has 0 fully saturated rings. The maximum absolute atomic E-state index is 12.3. The normalized spacial score (nSPS) is 11.5. The number of halogens is 1. The van der Waals surface area contributed by atoms with Crippen LogP contribution in [0.5, 0.6) is 5.75 Å². The van der Waals surface area contributed by atoms with Crippen molar-refractivity contribution in [2.75, 3.05) is 5.32 Å². The highest BCUT2D eigenvalue weighted by atomic mass is 35.5. The van der Waals surface area contributed by atoms with Crippen molar-refractivity contribution < 1.29 is 14.3 Å². The Kier molecular flexibility index (Phi) is 5.78. The zero-order valence-electron chi connectivity index (χ0n) is 13.3. The molecule has 0 aliphatic carbocycles. The van der Waals surface area contributed by atoms with Crippen LogP contribution in [-0.2, 0) is 4.79 Å². The number of nitrogens with two attached hydrogens (primary N) is 1. The number of nitrogens with one attached hydrogen (secondary N) is 2. The van der Waals surface area contributed by atoms with Gasteiger partial charge in [0.05, 0.1) is 0 Å². The molecule has 24 heavy (non-hydrogen) atoms. The minimum absolute atomic E-state index is 0.250. The van der Waals surface area contributed by atoms with Gasteiger partial charge in [0.2, 0.25) is 0 Å². The van der Waals surface area contributed by atoms with E-state index in [9.17, 15) is 9.59 Å². The molecule has 0 spiro atoms. The summed E-state index contributed by atoms with van der Waals surface area (Å²) in [5, 5.41) is 3.44. The highest BCUT2D eigenvalue weighted by Gasteiger charge is 2.13. The Morgan fingerprint density at radius 3 is 2.42 bits per heavy atom. The SMILES string of the molecule is Cc1cc(Cl)ccc1NC(=O)c1ccc(O[C@H](C)C(=O)NN)cc1. The average Bonchev–Trinajstić information content (AvgIpc) is 2.57. The van der Waals surface area contributed by atoms with E-state index in [1.165, 1.54) is 0 Å². The van der Waals surface area contributed by atoms with Gasteiger partial charge in [-0.2, -0.15) is 0 Å². The Morgan fingerprint density at radius 2 is 1.83 bits per heavy atom. The summed E-state index contributed by atoms with van der Waals surface area (Å²) in [5.41, 5.74) is 4.04. The Morgan fingerprint density at radius 1 is 1.17 bits per heavy atom. The number of carbonyl (C=O) groups is 2. The predicted molar refractivity (Wildman–Crippen MR) is 93.0 cm³/mol. The van der Waals surface area contributed by atoms with E-state index < -0.39 is 12.0 Å². The fourth-order valence-electron chi connectivity index (χ4n) is 2.02. The summed E-state index contributed by atoms with van der Waals surface area (Å²) in [4.78, 5) is 23.6. The summed E-state index contributed by atoms with van der Waals surface area (Å²) in [6.45, 7) is 3.44. The Balaban J connectivity index is 2.04. The molecule has 1 atom stereocenters. The van der Waals surface area contributed by atoms with Gasteiger partial charge in [-0.25, -0.2) is 5.84 Å². The van der Waals surface area contributed by atoms with Crippen LogP contribution >= 0.6 is 11.6 Å². The smallest absolute Gasteiger partial charge is 0.274 e. The third kappa shape index (κ3) is 4.47. The molecular weight excluding hydrogens is 330 g/mol. The van der Waals surface area contributed by atoms with E-state index in [0.717, 1.165) is 5.56 Å². The van der Waals surface area contributed by atoms with Crippen LogP contribution in [-0.4, -0.2) is 17.9 Å². The Hall–Kier alpha value is -2.57. The van der Waals surface area contributed by atoms with Gasteiger partial charge in [-0.3, -0.25) is 15.0 Å². The maximum Gasteiger partial charge on any atom is 0.274 e. The third-order valence-electron chi connectivity index (χ3n) is 3.38. The van der Waals surface area contributed by atoms with Gasteiger partial charge in [0.25, 0.3) is 11.8 Å². The van der Waals surface area contributed by atoms with Crippen molar-refractivity contribution in [2.45, 2.75) is 20.0 Å². The molecule has 2 aromatic rings. The van der Waals surface area contributed by atoms with Gasteiger partial charge >= 0.3 is 0 Å². The van der Waals surface area contributed by atoms with Crippen LogP contribution < -0.4 is 21.3 Å². The summed E-state index contributed by atoms with van der Waals surface area (Å²) in [6.07, 6.45) is -0.730. The first-order valence-corrected chi connectivity index (χ1v) is 7.63. The highest BCUT2D eigenvalue weighted by molar-refractivity contribution is 6.30.